The number of hydrogen-bond donors (Lipinski definition) is 2. The number of aliphatic hydroxyl groups excluding tert-OH is 1. The van der Waals surface area contributed by atoms with E-state index in [2.05, 4.69) is 10.3 Å². The number of furan rings is 1. The molecule has 3 aromatic rings. The molecule has 0 saturated heterocycles. The Labute approximate surface area is 141 Å². The van der Waals surface area contributed by atoms with Crippen molar-refractivity contribution in [2.24, 2.45) is 0 Å². The number of benzene rings is 1. The van der Waals surface area contributed by atoms with E-state index in [0.29, 0.717) is 5.69 Å². The first kappa shape index (κ1) is 16.4. The highest BCUT2D eigenvalue weighted by Crippen LogP contribution is 2.24. The van der Waals surface area contributed by atoms with Gasteiger partial charge in [0, 0.05) is 23.1 Å². The monoisotopic (exact) mass is 346 g/mol. The quantitative estimate of drug-likeness (QED) is 0.720. The minimum atomic E-state index is -1.09. The topological polar surface area (TPSA) is 75.4 Å². The average Bonchev–Trinajstić information content (AvgIpc) is 3.24. The summed E-state index contributed by atoms with van der Waals surface area (Å²) < 4.78 is 18.6. The lowest BCUT2D eigenvalue weighted by atomic mass is 10.1. The second-order valence-corrected chi connectivity index (χ2v) is 6.03. The Morgan fingerprint density at radius 1 is 1.38 bits per heavy atom. The zero-order valence-corrected chi connectivity index (χ0v) is 13.4. The van der Waals surface area contributed by atoms with Gasteiger partial charge < -0.3 is 14.8 Å². The van der Waals surface area contributed by atoms with Crippen molar-refractivity contribution in [1.82, 2.24) is 10.3 Å². The molecule has 0 bridgehead atoms. The molecule has 24 heavy (non-hydrogen) atoms. The molecule has 0 aliphatic carbocycles. The molecule has 2 aromatic heterocycles. The Morgan fingerprint density at radius 3 is 2.96 bits per heavy atom. The van der Waals surface area contributed by atoms with Crippen LogP contribution in [-0.2, 0) is 11.2 Å². The largest absolute Gasteiger partial charge is 0.472 e. The predicted molar refractivity (Wildman–Crippen MR) is 87.9 cm³/mol. The van der Waals surface area contributed by atoms with Crippen molar-refractivity contribution in [3.63, 3.8) is 0 Å². The Balaban J connectivity index is 1.54. The first-order chi connectivity index (χ1) is 11.6. The van der Waals surface area contributed by atoms with Crippen molar-refractivity contribution < 1.29 is 18.7 Å². The zero-order chi connectivity index (χ0) is 16.9. The molecule has 3 rings (SSSR count). The zero-order valence-electron chi connectivity index (χ0n) is 12.6. The number of amides is 1. The highest BCUT2D eigenvalue weighted by molar-refractivity contribution is 7.13. The molecule has 0 fully saturated rings. The van der Waals surface area contributed by atoms with Gasteiger partial charge in [-0.3, -0.25) is 4.79 Å². The van der Waals surface area contributed by atoms with Crippen LogP contribution in [0.15, 0.2) is 52.7 Å². The maximum absolute atomic E-state index is 13.6. The Kier molecular flexibility index (Phi) is 5.02. The van der Waals surface area contributed by atoms with Gasteiger partial charge in [0.2, 0.25) is 5.91 Å². The number of thiazole rings is 1. The standard InChI is InChI=1S/C17H15FN2O3S/c18-14-4-2-1-3-13(14)15(21)8-19-16(22)7-12-10-24-17(20-12)11-5-6-23-9-11/h1-6,9-10,15,21H,7-8H2,(H,19,22). The molecule has 2 heterocycles. The van der Waals surface area contributed by atoms with E-state index in [1.165, 1.54) is 23.5 Å². The molecule has 2 N–H and O–H groups in total. The molecule has 1 aromatic carbocycles. The van der Waals surface area contributed by atoms with Crippen LogP contribution in [0.5, 0.6) is 0 Å². The summed E-state index contributed by atoms with van der Waals surface area (Å²) in [6.45, 7) is -0.0571. The Morgan fingerprint density at radius 2 is 2.21 bits per heavy atom. The molecule has 1 unspecified atom stereocenters. The van der Waals surface area contributed by atoms with Crippen LogP contribution in [0.2, 0.25) is 0 Å². The first-order valence-electron chi connectivity index (χ1n) is 7.29. The normalized spacial score (nSPS) is 12.1. The highest BCUT2D eigenvalue weighted by Gasteiger charge is 2.14. The third-order valence-electron chi connectivity index (χ3n) is 3.42. The lowest BCUT2D eigenvalue weighted by Crippen LogP contribution is -2.30. The summed E-state index contributed by atoms with van der Waals surface area (Å²) in [5.74, 6) is -0.780. The fourth-order valence-electron chi connectivity index (χ4n) is 2.20. The lowest BCUT2D eigenvalue weighted by molar-refractivity contribution is -0.120. The van der Waals surface area contributed by atoms with Gasteiger partial charge in [0.15, 0.2) is 0 Å². The van der Waals surface area contributed by atoms with Crippen molar-refractivity contribution in [1.29, 1.82) is 0 Å². The Bertz CT molecular complexity index is 817. The van der Waals surface area contributed by atoms with Gasteiger partial charge in [-0.2, -0.15) is 0 Å². The smallest absolute Gasteiger partial charge is 0.226 e. The van der Waals surface area contributed by atoms with Gasteiger partial charge in [-0.05, 0) is 12.1 Å². The fraction of sp³-hybridized carbons (Fsp3) is 0.176. The van der Waals surface area contributed by atoms with Crippen molar-refractivity contribution in [3.05, 3.63) is 65.3 Å². The van der Waals surface area contributed by atoms with Crippen LogP contribution in [0.4, 0.5) is 4.39 Å². The highest BCUT2D eigenvalue weighted by atomic mass is 32.1. The molecule has 7 heteroatoms. The average molecular weight is 346 g/mol. The van der Waals surface area contributed by atoms with E-state index >= 15 is 0 Å². The number of nitrogens with one attached hydrogen (secondary N) is 1. The van der Waals surface area contributed by atoms with Crippen molar-refractivity contribution >= 4 is 17.2 Å². The summed E-state index contributed by atoms with van der Waals surface area (Å²) in [5, 5.41) is 15.1. The number of aromatic nitrogens is 1. The van der Waals surface area contributed by atoms with Crippen molar-refractivity contribution in [3.8, 4) is 10.6 Å². The maximum Gasteiger partial charge on any atom is 0.226 e. The molecule has 0 saturated carbocycles. The van der Waals surface area contributed by atoms with Crippen LogP contribution in [0.3, 0.4) is 0 Å². The molecule has 0 spiro atoms. The molecule has 1 amide bonds. The summed E-state index contributed by atoms with van der Waals surface area (Å²) in [6.07, 6.45) is 2.16. The minimum absolute atomic E-state index is 0.0571. The SMILES string of the molecule is O=C(Cc1csc(-c2ccoc2)n1)NCC(O)c1ccccc1F. The second kappa shape index (κ2) is 7.37. The van der Waals surface area contributed by atoms with Crippen molar-refractivity contribution in [2.75, 3.05) is 6.54 Å². The first-order valence-corrected chi connectivity index (χ1v) is 8.17. The van der Waals surface area contributed by atoms with E-state index in [4.69, 9.17) is 4.42 Å². The predicted octanol–water partition coefficient (Wildman–Crippen LogP) is 2.93. The van der Waals surface area contributed by atoms with Gasteiger partial charge in [-0.25, -0.2) is 9.37 Å². The molecule has 0 aliphatic rings. The van der Waals surface area contributed by atoms with Gasteiger partial charge >= 0.3 is 0 Å². The second-order valence-electron chi connectivity index (χ2n) is 5.17. The molecule has 0 radical (unpaired) electrons. The van der Waals surface area contributed by atoms with E-state index in [1.54, 1.807) is 36.1 Å². The number of carbonyl (C=O) groups excluding carboxylic acids is 1. The van der Waals surface area contributed by atoms with Gasteiger partial charge in [0.1, 0.15) is 17.1 Å². The molecule has 1 atom stereocenters. The molecule has 124 valence electrons. The number of aliphatic hydroxyl groups is 1. The third kappa shape index (κ3) is 3.87. The van der Waals surface area contributed by atoms with E-state index in [-0.39, 0.29) is 24.4 Å². The number of hydrogen-bond acceptors (Lipinski definition) is 5. The van der Waals surface area contributed by atoms with Gasteiger partial charge in [-0.15, -0.1) is 11.3 Å². The van der Waals surface area contributed by atoms with Crippen LogP contribution < -0.4 is 5.32 Å². The van der Waals surface area contributed by atoms with Crippen LogP contribution >= 0.6 is 11.3 Å². The third-order valence-corrected chi connectivity index (χ3v) is 4.36. The maximum atomic E-state index is 13.6. The van der Waals surface area contributed by atoms with E-state index in [0.717, 1.165) is 10.6 Å². The molecular weight excluding hydrogens is 331 g/mol. The minimum Gasteiger partial charge on any atom is -0.472 e. The van der Waals surface area contributed by atoms with Crippen LogP contribution in [0.25, 0.3) is 10.6 Å². The van der Waals surface area contributed by atoms with Crippen molar-refractivity contribution in [2.45, 2.75) is 12.5 Å². The summed E-state index contributed by atoms with van der Waals surface area (Å²) in [6, 6.07) is 7.74. The van der Waals surface area contributed by atoms with Crippen LogP contribution in [0, 0.1) is 5.82 Å². The van der Waals surface area contributed by atoms with Gasteiger partial charge in [0.25, 0.3) is 0 Å². The van der Waals surface area contributed by atoms with Gasteiger partial charge in [0.05, 0.1) is 24.5 Å². The lowest BCUT2D eigenvalue weighted by Gasteiger charge is -2.12. The van der Waals surface area contributed by atoms with E-state index < -0.39 is 11.9 Å². The number of carbonyl (C=O) groups is 1. The summed E-state index contributed by atoms with van der Waals surface area (Å²) in [5.41, 5.74) is 1.66. The van der Waals surface area contributed by atoms with E-state index in [1.807, 2.05) is 0 Å². The number of halogens is 1. The van der Waals surface area contributed by atoms with E-state index in [9.17, 15) is 14.3 Å². The summed E-state index contributed by atoms with van der Waals surface area (Å²) >= 11 is 1.42. The number of rotatable bonds is 6. The van der Waals surface area contributed by atoms with Gasteiger partial charge in [-0.1, -0.05) is 18.2 Å². The molecule has 5 nitrogen and oxygen atoms in total. The van der Waals surface area contributed by atoms with Crippen LogP contribution in [0.1, 0.15) is 17.4 Å². The summed E-state index contributed by atoms with van der Waals surface area (Å²) in [7, 11) is 0. The number of nitrogens with zero attached hydrogens (tertiary/aromatic N) is 1. The fourth-order valence-corrected chi connectivity index (χ4v) is 3.01. The molecule has 0 aliphatic heterocycles. The summed E-state index contributed by atoms with van der Waals surface area (Å²) in [4.78, 5) is 16.3. The Hall–Kier alpha value is -2.51. The molecular formula is C17H15FN2O3S. The van der Waals surface area contributed by atoms with Crippen LogP contribution in [-0.4, -0.2) is 22.5 Å².